The number of amides is 1. The Bertz CT molecular complexity index is 1070. The highest BCUT2D eigenvalue weighted by Gasteiger charge is 2.19. The largest absolute Gasteiger partial charge is 0.354 e. The van der Waals surface area contributed by atoms with Gasteiger partial charge in [-0.15, -0.1) is 0 Å². The molecule has 0 unspecified atom stereocenters. The fourth-order valence-electron chi connectivity index (χ4n) is 4.08. The van der Waals surface area contributed by atoms with Gasteiger partial charge in [-0.2, -0.15) is 5.10 Å². The van der Waals surface area contributed by atoms with Crippen LogP contribution in [-0.4, -0.2) is 46.2 Å². The van der Waals surface area contributed by atoms with E-state index in [4.69, 9.17) is 16.6 Å². The van der Waals surface area contributed by atoms with Crippen molar-refractivity contribution in [1.82, 2.24) is 25.0 Å². The molecule has 30 heavy (non-hydrogen) atoms. The summed E-state index contributed by atoms with van der Waals surface area (Å²) in [6.45, 7) is 6.60. The monoisotopic (exact) mass is 427 g/mol. The van der Waals surface area contributed by atoms with Gasteiger partial charge in [0.1, 0.15) is 0 Å². The van der Waals surface area contributed by atoms with Crippen LogP contribution in [-0.2, 0) is 18.3 Å². The minimum absolute atomic E-state index is 0.0159. The number of halogens is 1. The molecular formula is C23H30ClN5O. The van der Waals surface area contributed by atoms with E-state index in [9.17, 15) is 4.79 Å². The number of aromatic nitrogens is 3. The smallest absolute Gasteiger partial charge is 0.220 e. The zero-order chi connectivity index (χ0) is 22.0. The van der Waals surface area contributed by atoms with Gasteiger partial charge in [0.15, 0.2) is 5.65 Å². The van der Waals surface area contributed by atoms with E-state index < -0.39 is 0 Å². The lowest BCUT2D eigenvalue weighted by Crippen LogP contribution is -2.34. The first-order valence-corrected chi connectivity index (χ1v) is 10.6. The summed E-state index contributed by atoms with van der Waals surface area (Å²) in [5, 5.41) is 9.36. The topological polar surface area (TPSA) is 63.1 Å². The average molecular weight is 428 g/mol. The van der Waals surface area contributed by atoms with E-state index in [0.717, 1.165) is 39.1 Å². The van der Waals surface area contributed by atoms with Gasteiger partial charge in [-0.05, 0) is 64.0 Å². The molecule has 2 aromatic heterocycles. The normalized spacial score (nSPS) is 12.5. The Morgan fingerprint density at radius 2 is 1.90 bits per heavy atom. The third-order valence-electron chi connectivity index (χ3n) is 5.71. The molecule has 0 saturated heterocycles. The minimum atomic E-state index is 0.0159. The molecule has 0 aliphatic rings. The zero-order valence-electron chi connectivity index (χ0n) is 18.6. The summed E-state index contributed by atoms with van der Waals surface area (Å²) >= 11 is 6.36. The molecule has 0 saturated carbocycles. The maximum atomic E-state index is 12.6. The van der Waals surface area contributed by atoms with E-state index in [-0.39, 0.29) is 11.9 Å². The summed E-state index contributed by atoms with van der Waals surface area (Å²) in [5.41, 5.74) is 6.12. The van der Waals surface area contributed by atoms with Crippen LogP contribution in [0.4, 0.5) is 0 Å². The van der Waals surface area contributed by atoms with E-state index in [0.29, 0.717) is 24.4 Å². The van der Waals surface area contributed by atoms with Crippen molar-refractivity contribution < 1.29 is 4.79 Å². The van der Waals surface area contributed by atoms with Crippen LogP contribution < -0.4 is 5.32 Å². The fourth-order valence-corrected chi connectivity index (χ4v) is 4.35. The molecule has 160 valence electrons. The molecule has 0 fully saturated rings. The molecule has 1 atom stereocenters. The van der Waals surface area contributed by atoms with Crippen molar-refractivity contribution in [3.05, 3.63) is 57.4 Å². The summed E-state index contributed by atoms with van der Waals surface area (Å²) in [6.07, 6.45) is 1.07. The number of pyridine rings is 1. The number of carbonyl (C=O) groups excluding carboxylic acids is 1. The summed E-state index contributed by atoms with van der Waals surface area (Å²) in [5.74, 6) is 0.0238. The van der Waals surface area contributed by atoms with Crippen molar-refractivity contribution in [3.8, 4) is 0 Å². The third-order valence-corrected chi connectivity index (χ3v) is 6.06. The van der Waals surface area contributed by atoms with Crippen molar-refractivity contribution in [2.24, 2.45) is 7.05 Å². The summed E-state index contributed by atoms with van der Waals surface area (Å²) in [7, 11) is 5.89. The molecule has 7 heteroatoms. The van der Waals surface area contributed by atoms with Crippen LogP contribution in [0.15, 0.2) is 24.3 Å². The van der Waals surface area contributed by atoms with Gasteiger partial charge >= 0.3 is 0 Å². The number of nitrogens with one attached hydrogen (secondary N) is 1. The molecule has 0 spiro atoms. The standard InChI is InChI=1S/C23H30ClN5O/c1-14-17(15(2)26-23-22(14)16(3)27-29(23)6)11-12-21(30)25-13-20(28(4)5)18-9-7-8-10-19(18)24/h7-10,20H,11-13H2,1-6H3,(H,25,30)/t20-/m0/s1. The minimum Gasteiger partial charge on any atom is -0.354 e. The van der Waals surface area contributed by atoms with Crippen LogP contribution in [0.2, 0.25) is 5.02 Å². The van der Waals surface area contributed by atoms with Crippen LogP contribution in [0.25, 0.3) is 11.0 Å². The number of benzene rings is 1. The van der Waals surface area contributed by atoms with Gasteiger partial charge in [-0.3, -0.25) is 9.48 Å². The van der Waals surface area contributed by atoms with E-state index >= 15 is 0 Å². The van der Waals surface area contributed by atoms with Gasteiger partial charge in [-0.25, -0.2) is 4.98 Å². The molecule has 0 aliphatic carbocycles. The molecule has 2 heterocycles. The Balaban J connectivity index is 1.69. The number of nitrogens with zero attached hydrogens (tertiary/aromatic N) is 4. The summed E-state index contributed by atoms with van der Waals surface area (Å²) < 4.78 is 1.82. The quantitative estimate of drug-likeness (QED) is 0.621. The Labute approximate surface area is 183 Å². The summed E-state index contributed by atoms with van der Waals surface area (Å²) in [4.78, 5) is 19.4. The SMILES string of the molecule is Cc1nc2c(c(C)nn2C)c(C)c1CCC(=O)NC[C@@H](c1ccccc1Cl)N(C)C. The van der Waals surface area contributed by atoms with Gasteiger partial charge in [-0.1, -0.05) is 29.8 Å². The van der Waals surface area contributed by atoms with Crippen molar-refractivity contribution in [2.45, 2.75) is 39.7 Å². The van der Waals surface area contributed by atoms with Crippen LogP contribution in [0, 0.1) is 20.8 Å². The molecule has 6 nitrogen and oxygen atoms in total. The molecular weight excluding hydrogens is 398 g/mol. The van der Waals surface area contributed by atoms with E-state index in [1.165, 1.54) is 0 Å². The zero-order valence-corrected chi connectivity index (χ0v) is 19.3. The Morgan fingerprint density at radius 1 is 1.20 bits per heavy atom. The average Bonchev–Trinajstić information content (AvgIpc) is 2.96. The first kappa shape index (κ1) is 22.2. The van der Waals surface area contributed by atoms with Crippen LogP contribution >= 0.6 is 11.6 Å². The van der Waals surface area contributed by atoms with E-state index in [1.807, 2.05) is 63.9 Å². The number of fused-ring (bicyclic) bond motifs is 1. The maximum Gasteiger partial charge on any atom is 0.220 e. The van der Waals surface area contributed by atoms with Crippen molar-refractivity contribution in [3.63, 3.8) is 0 Å². The molecule has 1 N–H and O–H groups in total. The molecule has 0 bridgehead atoms. The predicted molar refractivity (Wildman–Crippen MR) is 122 cm³/mol. The summed E-state index contributed by atoms with van der Waals surface area (Å²) in [6, 6.07) is 7.78. The Hall–Kier alpha value is -2.44. The predicted octanol–water partition coefficient (Wildman–Crippen LogP) is 3.90. The molecule has 0 aliphatic heterocycles. The first-order valence-electron chi connectivity index (χ1n) is 10.2. The molecule has 3 rings (SSSR count). The van der Waals surface area contributed by atoms with Crippen LogP contribution in [0.3, 0.4) is 0 Å². The third kappa shape index (κ3) is 4.50. The lowest BCUT2D eigenvalue weighted by Gasteiger charge is -2.26. The maximum absolute atomic E-state index is 12.6. The highest BCUT2D eigenvalue weighted by molar-refractivity contribution is 6.31. The molecule has 3 aromatic rings. The molecule has 1 aromatic carbocycles. The van der Waals surface area contributed by atoms with Crippen molar-refractivity contribution >= 4 is 28.5 Å². The lowest BCUT2D eigenvalue weighted by atomic mass is 9.99. The Kier molecular flexibility index (Phi) is 6.78. The van der Waals surface area contributed by atoms with Gasteiger partial charge in [0, 0.05) is 36.1 Å². The fraction of sp³-hybridized carbons (Fsp3) is 0.435. The lowest BCUT2D eigenvalue weighted by molar-refractivity contribution is -0.121. The van der Waals surface area contributed by atoms with Crippen LogP contribution in [0.1, 0.15) is 40.5 Å². The van der Waals surface area contributed by atoms with Gasteiger partial charge in [0.2, 0.25) is 5.91 Å². The second-order valence-electron chi connectivity index (χ2n) is 8.01. The van der Waals surface area contributed by atoms with Gasteiger partial charge in [0.25, 0.3) is 0 Å². The van der Waals surface area contributed by atoms with Crippen molar-refractivity contribution in [2.75, 3.05) is 20.6 Å². The highest BCUT2D eigenvalue weighted by atomic mass is 35.5. The second-order valence-corrected chi connectivity index (χ2v) is 8.42. The number of likely N-dealkylation sites (N-methyl/N-ethyl adjacent to an activating group) is 1. The van der Waals surface area contributed by atoms with Gasteiger partial charge < -0.3 is 10.2 Å². The number of aryl methyl sites for hydroxylation is 4. The number of hydrogen-bond acceptors (Lipinski definition) is 4. The van der Waals surface area contributed by atoms with E-state index in [1.54, 1.807) is 0 Å². The first-order chi connectivity index (χ1) is 14.2. The highest BCUT2D eigenvalue weighted by Crippen LogP contribution is 2.27. The van der Waals surface area contributed by atoms with Crippen molar-refractivity contribution in [1.29, 1.82) is 0 Å². The number of rotatable bonds is 7. The number of hydrogen-bond donors (Lipinski definition) is 1. The van der Waals surface area contributed by atoms with Crippen LogP contribution in [0.5, 0.6) is 0 Å². The number of carbonyl (C=O) groups is 1. The molecule has 1 amide bonds. The molecule has 0 radical (unpaired) electrons. The van der Waals surface area contributed by atoms with Gasteiger partial charge in [0.05, 0.1) is 11.7 Å². The second kappa shape index (κ2) is 9.14. The Morgan fingerprint density at radius 3 is 2.57 bits per heavy atom. The van der Waals surface area contributed by atoms with E-state index in [2.05, 4.69) is 22.2 Å².